The van der Waals surface area contributed by atoms with Crippen molar-refractivity contribution in [3.63, 3.8) is 0 Å². The average Bonchev–Trinajstić information content (AvgIpc) is 2.95. The second kappa shape index (κ2) is 12.1. The minimum absolute atomic E-state index is 0.0282. The summed E-state index contributed by atoms with van der Waals surface area (Å²) in [5.74, 6) is -0.0717. The lowest BCUT2D eigenvalue weighted by Crippen LogP contribution is -2.47. The molecule has 218 valence electrons. The van der Waals surface area contributed by atoms with Crippen LogP contribution in [0.1, 0.15) is 23.2 Å². The maximum absolute atomic E-state index is 13.9. The summed E-state index contributed by atoms with van der Waals surface area (Å²) in [5, 5.41) is 12.1. The number of pyridine rings is 2. The predicted molar refractivity (Wildman–Crippen MR) is 141 cm³/mol. The minimum atomic E-state index is -4.70. The molecule has 0 unspecified atom stereocenters. The van der Waals surface area contributed by atoms with E-state index >= 15 is 0 Å². The Bertz CT molecular complexity index is 1410. The highest BCUT2D eigenvalue weighted by Gasteiger charge is 2.35. The number of halogens is 6. The number of ether oxygens (including phenoxy) is 1. The van der Waals surface area contributed by atoms with Crippen molar-refractivity contribution in [3.8, 4) is 23.1 Å². The van der Waals surface area contributed by atoms with E-state index in [4.69, 9.17) is 10.5 Å². The van der Waals surface area contributed by atoms with Gasteiger partial charge in [-0.3, -0.25) is 4.90 Å². The molecule has 0 aliphatic carbocycles. The van der Waals surface area contributed by atoms with Crippen LogP contribution >= 0.6 is 0 Å². The van der Waals surface area contributed by atoms with Crippen molar-refractivity contribution in [1.82, 2.24) is 14.9 Å². The first-order valence-electron chi connectivity index (χ1n) is 12.6. The summed E-state index contributed by atoms with van der Waals surface area (Å²) >= 11 is 0. The van der Waals surface area contributed by atoms with Crippen LogP contribution in [0.3, 0.4) is 0 Å². The van der Waals surface area contributed by atoms with Gasteiger partial charge in [0.1, 0.15) is 17.6 Å². The minimum Gasteiger partial charge on any atom is -0.493 e. The van der Waals surface area contributed by atoms with E-state index in [9.17, 15) is 31.6 Å². The maximum Gasteiger partial charge on any atom is 0.419 e. The highest BCUT2D eigenvalue weighted by Crippen LogP contribution is 2.39. The van der Waals surface area contributed by atoms with Crippen molar-refractivity contribution in [2.75, 3.05) is 62.3 Å². The second-order valence-electron chi connectivity index (χ2n) is 9.32. The summed E-state index contributed by atoms with van der Waals surface area (Å²) in [7, 11) is 1.57. The number of nitrogens with one attached hydrogen (secondary N) is 1. The first-order valence-corrected chi connectivity index (χ1v) is 12.6. The van der Waals surface area contributed by atoms with E-state index in [1.54, 1.807) is 11.9 Å². The van der Waals surface area contributed by atoms with Gasteiger partial charge in [-0.25, -0.2) is 9.97 Å². The summed E-state index contributed by atoms with van der Waals surface area (Å²) in [6.07, 6.45) is -7.57. The predicted octanol–water partition coefficient (Wildman–Crippen LogP) is 5.27. The largest absolute Gasteiger partial charge is 0.493 e. The molecule has 1 aliphatic heterocycles. The standard InChI is InChI=1S/C27H27F6N7O/c1-36-21-15-20(38-22(16-34)25(21)35)17-3-4-23(19(13-17)27(31,32)33)41-12-2-7-39-8-10-40(11-9-39)24-14-18(5-6-37-24)26(28,29)30/h3-6,13-15H,2,7-12,35H2,1H3,(H,36,38). The quantitative estimate of drug-likeness (QED) is 0.275. The van der Waals surface area contributed by atoms with Crippen LogP contribution in [0.5, 0.6) is 5.75 Å². The molecule has 4 rings (SSSR count). The maximum atomic E-state index is 13.9. The van der Waals surface area contributed by atoms with Crippen LogP contribution in [-0.4, -0.2) is 61.2 Å². The lowest BCUT2D eigenvalue weighted by Gasteiger charge is -2.35. The normalized spacial score (nSPS) is 14.5. The Labute approximate surface area is 232 Å². The van der Waals surface area contributed by atoms with E-state index in [2.05, 4.69) is 20.2 Å². The lowest BCUT2D eigenvalue weighted by atomic mass is 10.0. The van der Waals surface area contributed by atoms with Crippen molar-refractivity contribution >= 4 is 17.2 Å². The molecule has 0 saturated carbocycles. The van der Waals surface area contributed by atoms with Crippen molar-refractivity contribution in [2.24, 2.45) is 0 Å². The lowest BCUT2D eigenvalue weighted by molar-refractivity contribution is -0.139. The monoisotopic (exact) mass is 579 g/mol. The molecule has 0 atom stereocenters. The van der Waals surface area contributed by atoms with Crippen LogP contribution in [0, 0.1) is 11.3 Å². The average molecular weight is 580 g/mol. The Balaban J connectivity index is 1.35. The Morgan fingerprint density at radius 3 is 2.39 bits per heavy atom. The molecule has 8 nitrogen and oxygen atoms in total. The van der Waals surface area contributed by atoms with Gasteiger partial charge < -0.3 is 20.7 Å². The Kier molecular flexibility index (Phi) is 8.77. The number of aromatic nitrogens is 2. The molecule has 1 saturated heterocycles. The summed E-state index contributed by atoms with van der Waals surface area (Å²) in [5.41, 5.74) is 4.79. The van der Waals surface area contributed by atoms with E-state index in [1.165, 1.54) is 18.2 Å². The van der Waals surface area contributed by atoms with Crippen molar-refractivity contribution < 1.29 is 31.1 Å². The third kappa shape index (κ3) is 7.10. The van der Waals surface area contributed by atoms with Crippen LogP contribution in [0.4, 0.5) is 43.5 Å². The molecule has 1 aromatic carbocycles. The molecule has 0 amide bonds. The van der Waals surface area contributed by atoms with E-state index in [-0.39, 0.29) is 40.8 Å². The van der Waals surface area contributed by atoms with Crippen LogP contribution in [-0.2, 0) is 12.4 Å². The molecule has 3 aromatic rings. The molecule has 3 heterocycles. The summed E-state index contributed by atoms with van der Waals surface area (Å²) in [6.45, 7) is 2.64. The molecule has 2 aromatic heterocycles. The number of alkyl halides is 6. The van der Waals surface area contributed by atoms with Gasteiger partial charge in [-0.15, -0.1) is 0 Å². The number of nitrogen functional groups attached to an aromatic ring is 1. The zero-order valence-electron chi connectivity index (χ0n) is 22.0. The zero-order chi connectivity index (χ0) is 29.8. The van der Waals surface area contributed by atoms with Gasteiger partial charge in [-0.05, 0) is 42.8 Å². The third-order valence-corrected chi connectivity index (χ3v) is 6.66. The van der Waals surface area contributed by atoms with Crippen molar-refractivity contribution in [2.45, 2.75) is 18.8 Å². The first-order chi connectivity index (χ1) is 19.4. The van der Waals surface area contributed by atoms with Crippen LogP contribution in [0.2, 0.25) is 0 Å². The van der Waals surface area contributed by atoms with Gasteiger partial charge in [0.25, 0.3) is 0 Å². The van der Waals surface area contributed by atoms with Gasteiger partial charge in [0, 0.05) is 51.5 Å². The SMILES string of the molecule is CNc1cc(-c2ccc(OCCCN3CCN(c4cc(C(F)(F)F)ccn4)CC3)c(C(F)(F)F)c2)nc(C#N)c1N. The van der Waals surface area contributed by atoms with Gasteiger partial charge in [0.05, 0.1) is 34.8 Å². The Morgan fingerprint density at radius 2 is 1.76 bits per heavy atom. The number of nitriles is 1. The molecular formula is C27H27F6N7O. The van der Waals surface area contributed by atoms with Crippen LogP contribution in [0.25, 0.3) is 11.3 Å². The summed E-state index contributed by atoms with van der Waals surface area (Å²) in [4.78, 5) is 12.0. The Morgan fingerprint density at radius 1 is 1.02 bits per heavy atom. The van der Waals surface area contributed by atoms with E-state index in [0.29, 0.717) is 44.8 Å². The van der Waals surface area contributed by atoms with Crippen molar-refractivity contribution in [3.05, 3.63) is 59.4 Å². The van der Waals surface area contributed by atoms with Gasteiger partial charge in [0.2, 0.25) is 0 Å². The number of piperazine rings is 1. The number of rotatable bonds is 8. The molecule has 41 heavy (non-hydrogen) atoms. The molecule has 14 heteroatoms. The molecule has 0 bridgehead atoms. The molecule has 3 N–H and O–H groups in total. The fourth-order valence-electron chi connectivity index (χ4n) is 4.47. The van der Waals surface area contributed by atoms with Crippen molar-refractivity contribution in [1.29, 1.82) is 5.26 Å². The van der Waals surface area contributed by atoms with E-state index in [0.717, 1.165) is 24.4 Å². The van der Waals surface area contributed by atoms with Gasteiger partial charge in [-0.1, -0.05) is 0 Å². The second-order valence-corrected chi connectivity index (χ2v) is 9.32. The van der Waals surface area contributed by atoms with Gasteiger partial charge >= 0.3 is 12.4 Å². The number of benzene rings is 1. The molecular weight excluding hydrogens is 552 g/mol. The fraction of sp³-hybridized carbons (Fsp3) is 0.370. The molecule has 0 radical (unpaired) electrons. The number of nitrogens with zero attached hydrogens (tertiary/aromatic N) is 5. The first kappa shape index (κ1) is 29.7. The molecule has 1 fully saturated rings. The summed E-state index contributed by atoms with van der Waals surface area (Å²) < 4.78 is 86.2. The number of hydrogen-bond donors (Lipinski definition) is 2. The van der Waals surface area contributed by atoms with Crippen LogP contribution in [0.15, 0.2) is 42.6 Å². The molecule has 1 aliphatic rings. The summed E-state index contributed by atoms with van der Waals surface area (Å²) in [6, 6.07) is 8.85. The Hall–Kier alpha value is -4.25. The zero-order valence-corrected chi connectivity index (χ0v) is 22.0. The number of hydrogen-bond acceptors (Lipinski definition) is 8. The van der Waals surface area contributed by atoms with Gasteiger partial charge in [0.15, 0.2) is 5.69 Å². The molecule has 0 spiro atoms. The third-order valence-electron chi connectivity index (χ3n) is 6.66. The van der Waals surface area contributed by atoms with E-state index < -0.39 is 23.5 Å². The fourth-order valence-corrected chi connectivity index (χ4v) is 4.47. The van der Waals surface area contributed by atoms with E-state index in [1.807, 2.05) is 6.07 Å². The highest BCUT2D eigenvalue weighted by atomic mass is 19.4. The van der Waals surface area contributed by atoms with Gasteiger partial charge in [-0.2, -0.15) is 31.6 Å². The topological polar surface area (TPSA) is 103 Å². The number of anilines is 3. The highest BCUT2D eigenvalue weighted by molar-refractivity contribution is 5.77. The van der Waals surface area contributed by atoms with Crippen LogP contribution < -0.4 is 20.7 Å². The smallest absolute Gasteiger partial charge is 0.419 e. The number of nitrogens with two attached hydrogens (primary N) is 1.